The number of nitrogens with zero attached hydrogens (tertiary/aromatic N) is 1. The molecule has 2 aromatic rings. The van der Waals surface area contributed by atoms with E-state index in [0.29, 0.717) is 30.8 Å². The molecule has 0 aliphatic carbocycles. The van der Waals surface area contributed by atoms with E-state index in [9.17, 15) is 13.2 Å². The molecule has 1 aliphatic heterocycles. The van der Waals surface area contributed by atoms with Crippen LogP contribution >= 0.6 is 0 Å². The zero-order chi connectivity index (χ0) is 18.6. The summed E-state index contributed by atoms with van der Waals surface area (Å²) >= 11 is 0. The van der Waals surface area contributed by atoms with Gasteiger partial charge in [-0.2, -0.15) is 0 Å². The van der Waals surface area contributed by atoms with Crippen LogP contribution in [0.1, 0.15) is 34.3 Å². The average Bonchev–Trinajstić information content (AvgIpc) is 2.61. The molecule has 0 aromatic heterocycles. The number of benzene rings is 2. The van der Waals surface area contributed by atoms with Crippen molar-refractivity contribution >= 4 is 21.6 Å². The molecule has 1 aliphatic rings. The standard InChI is InChI=1S/C20H24N2O3S/c1-16-6-4-7-17(14-16)10-11-21-20(23)18-8-5-9-19(15-18)22-12-2-3-13-26(22,24)25/h4-9,14-15H,2-3,10-13H2,1H3,(H,21,23). The average molecular weight is 372 g/mol. The van der Waals surface area contributed by atoms with Crippen LogP contribution in [0.3, 0.4) is 0 Å². The van der Waals surface area contributed by atoms with Crippen LogP contribution in [0.4, 0.5) is 5.69 Å². The fourth-order valence-electron chi connectivity index (χ4n) is 3.17. The van der Waals surface area contributed by atoms with Crippen molar-refractivity contribution in [3.05, 3.63) is 65.2 Å². The van der Waals surface area contributed by atoms with Gasteiger partial charge in [0.15, 0.2) is 0 Å². The summed E-state index contributed by atoms with van der Waals surface area (Å²) in [5, 5.41) is 2.91. The van der Waals surface area contributed by atoms with Crippen LogP contribution in [0.2, 0.25) is 0 Å². The molecular formula is C20H24N2O3S. The summed E-state index contributed by atoms with van der Waals surface area (Å²) in [6, 6.07) is 15.0. The fraction of sp³-hybridized carbons (Fsp3) is 0.350. The highest BCUT2D eigenvalue weighted by molar-refractivity contribution is 7.92. The van der Waals surface area contributed by atoms with Gasteiger partial charge in [0.2, 0.25) is 10.0 Å². The number of sulfonamides is 1. The summed E-state index contributed by atoms with van der Waals surface area (Å²) in [4.78, 5) is 12.4. The van der Waals surface area contributed by atoms with E-state index in [4.69, 9.17) is 0 Å². The second kappa shape index (κ2) is 7.91. The van der Waals surface area contributed by atoms with Crippen LogP contribution in [0, 0.1) is 6.92 Å². The Balaban J connectivity index is 1.65. The zero-order valence-corrected chi connectivity index (χ0v) is 15.8. The number of hydrogen-bond acceptors (Lipinski definition) is 3. The number of hydrogen-bond donors (Lipinski definition) is 1. The minimum Gasteiger partial charge on any atom is -0.352 e. The summed E-state index contributed by atoms with van der Waals surface area (Å²) < 4.78 is 25.9. The number of nitrogens with one attached hydrogen (secondary N) is 1. The van der Waals surface area contributed by atoms with Crippen molar-refractivity contribution in [3.63, 3.8) is 0 Å². The summed E-state index contributed by atoms with van der Waals surface area (Å²) in [6.07, 6.45) is 2.29. The van der Waals surface area contributed by atoms with Crippen molar-refractivity contribution in [1.29, 1.82) is 0 Å². The first kappa shape index (κ1) is 18.5. The highest BCUT2D eigenvalue weighted by Gasteiger charge is 2.26. The Kier molecular flexibility index (Phi) is 5.61. The van der Waals surface area contributed by atoms with Gasteiger partial charge in [0.25, 0.3) is 5.91 Å². The molecule has 0 atom stereocenters. The van der Waals surface area contributed by atoms with Gasteiger partial charge in [0, 0.05) is 18.7 Å². The first-order valence-electron chi connectivity index (χ1n) is 8.90. The van der Waals surface area contributed by atoms with Crippen LogP contribution in [0.15, 0.2) is 48.5 Å². The molecule has 0 spiro atoms. The number of aryl methyl sites for hydroxylation is 1. The molecule has 1 heterocycles. The minimum absolute atomic E-state index is 0.167. The van der Waals surface area contributed by atoms with E-state index < -0.39 is 10.0 Å². The molecule has 6 heteroatoms. The monoisotopic (exact) mass is 372 g/mol. The molecule has 3 rings (SSSR count). The predicted molar refractivity (Wildman–Crippen MR) is 104 cm³/mol. The minimum atomic E-state index is -3.27. The second-order valence-electron chi connectivity index (χ2n) is 6.64. The van der Waals surface area contributed by atoms with Gasteiger partial charge in [-0.1, -0.05) is 35.9 Å². The molecule has 2 aromatic carbocycles. The molecular weight excluding hydrogens is 348 g/mol. The van der Waals surface area contributed by atoms with Gasteiger partial charge < -0.3 is 5.32 Å². The lowest BCUT2D eigenvalue weighted by Gasteiger charge is -2.28. The molecule has 26 heavy (non-hydrogen) atoms. The molecule has 0 bridgehead atoms. The highest BCUT2D eigenvalue weighted by Crippen LogP contribution is 2.24. The van der Waals surface area contributed by atoms with Gasteiger partial charge >= 0.3 is 0 Å². The molecule has 0 unspecified atom stereocenters. The topological polar surface area (TPSA) is 66.5 Å². The molecule has 0 saturated carbocycles. The van der Waals surface area contributed by atoms with Crippen molar-refractivity contribution in [2.24, 2.45) is 0 Å². The van der Waals surface area contributed by atoms with Crippen LogP contribution in [-0.4, -0.2) is 33.2 Å². The number of carbonyl (C=O) groups excluding carboxylic acids is 1. The SMILES string of the molecule is Cc1cccc(CCNC(=O)c2cccc(N3CCCCS3(=O)=O)c2)c1. The first-order valence-corrected chi connectivity index (χ1v) is 10.5. The Morgan fingerprint density at radius 3 is 2.69 bits per heavy atom. The Morgan fingerprint density at radius 1 is 1.12 bits per heavy atom. The summed E-state index contributed by atoms with van der Waals surface area (Å²) in [5.74, 6) is -0.0196. The Bertz CT molecular complexity index is 893. The molecule has 5 nitrogen and oxygen atoms in total. The van der Waals surface area contributed by atoms with E-state index in [1.54, 1.807) is 24.3 Å². The maximum absolute atomic E-state index is 12.4. The third kappa shape index (κ3) is 4.43. The van der Waals surface area contributed by atoms with E-state index >= 15 is 0 Å². The molecule has 0 radical (unpaired) electrons. The smallest absolute Gasteiger partial charge is 0.251 e. The zero-order valence-electron chi connectivity index (χ0n) is 14.9. The summed E-state index contributed by atoms with van der Waals surface area (Å²) in [5.41, 5.74) is 3.42. The largest absolute Gasteiger partial charge is 0.352 e. The lowest BCUT2D eigenvalue weighted by atomic mass is 10.1. The van der Waals surface area contributed by atoms with Crippen molar-refractivity contribution < 1.29 is 13.2 Å². The normalized spacial score (nSPS) is 16.3. The van der Waals surface area contributed by atoms with Gasteiger partial charge in [-0.25, -0.2) is 8.42 Å². The van der Waals surface area contributed by atoms with Crippen molar-refractivity contribution in [1.82, 2.24) is 5.32 Å². The van der Waals surface area contributed by atoms with Gasteiger partial charge in [0.1, 0.15) is 0 Å². The Hall–Kier alpha value is -2.34. The van der Waals surface area contributed by atoms with Crippen LogP contribution in [-0.2, 0) is 16.4 Å². The summed E-state index contributed by atoms with van der Waals surface area (Å²) in [6.45, 7) is 3.05. The van der Waals surface area contributed by atoms with E-state index in [1.165, 1.54) is 15.4 Å². The van der Waals surface area contributed by atoms with Crippen LogP contribution in [0.25, 0.3) is 0 Å². The van der Waals surface area contributed by atoms with E-state index in [1.807, 2.05) is 25.1 Å². The molecule has 1 N–H and O–H groups in total. The van der Waals surface area contributed by atoms with Gasteiger partial charge in [0.05, 0.1) is 11.4 Å². The lowest BCUT2D eigenvalue weighted by molar-refractivity contribution is 0.0954. The Labute approximate surface area is 155 Å². The first-order chi connectivity index (χ1) is 12.5. The highest BCUT2D eigenvalue weighted by atomic mass is 32.2. The van der Waals surface area contributed by atoms with Crippen molar-refractivity contribution in [3.8, 4) is 0 Å². The van der Waals surface area contributed by atoms with Gasteiger partial charge in [-0.15, -0.1) is 0 Å². The predicted octanol–water partition coefficient (Wildman–Crippen LogP) is 2.90. The molecule has 1 amide bonds. The molecule has 1 fully saturated rings. The summed E-state index contributed by atoms with van der Waals surface area (Å²) in [7, 11) is -3.27. The number of anilines is 1. The van der Waals surface area contributed by atoms with E-state index in [2.05, 4.69) is 11.4 Å². The maximum Gasteiger partial charge on any atom is 0.251 e. The third-order valence-electron chi connectivity index (χ3n) is 4.53. The number of carbonyl (C=O) groups is 1. The van der Waals surface area contributed by atoms with Crippen LogP contribution < -0.4 is 9.62 Å². The van der Waals surface area contributed by atoms with Crippen molar-refractivity contribution in [2.75, 3.05) is 23.1 Å². The van der Waals surface area contributed by atoms with Crippen LogP contribution in [0.5, 0.6) is 0 Å². The number of amides is 1. The van der Waals surface area contributed by atoms with E-state index in [-0.39, 0.29) is 11.7 Å². The van der Waals surface area contributed by atoms with Gasteiger partial charge in [-0.05, 0) is 49.9 Å². The fourth-order valence-corrected chi connectivity index (χ4v) is 4.80. The third-order valence-corrected chi connectivity index (χ3v) is 6.40. The molecule has 1 saturated heterocycles. The Morgan fingerprint density at radius 2 is 1.92 bits per heavy atom. The van der Waals surface area contributed by atoms with E-state index in [0.717, 1.165) is 12.8 Å². The molecule has 138 valence electrons. The van der Waals surface area contributed by atoms with Crippen molar-refractivity contribution in [2.45, 2.75) is 26.2 Å². The van der Waals surface area contributed by atoms with Gasteiger partial charge in [-0.3, -0.25) is 9.10 Å². The lowest BCUT2D eigenvalue weighted by Crippen LogP contribution is -2.38. The second-order valence-corrected chi connectivity index (χ2v) is 8.65. The quantitative estimate of drug-likeness (QED) is 0.878. The number of rotatable bonds is 5. The maximum atomic E-state index is 12.4.